The van der Waals surface area contributed by atoms with E-state index < -0.39 is 30.8 Å². The van der Waals surface area contributed by atoms with Crippen molar-refractivity contribution in [1.82, 2.24) is 9.97 Å². The van der Waals surface area contributed by atoms with Crippen LogP contribution in [0.1, 0.15) is 39.5 Å². The lowest BCUT2D eigenvalue weighted by atomic mass is 9.78. The summed E-state index contributed by atoms with van der Waals surface area (Å²) < 4.78 is 36.9. The first kappa shape index (κ1) is 15.3. The van der Waals surface area contributed by atoms with Crippen LogP contribution in [0.25, 0.3) is 0 Å². The Hall–Kier alpha value is -1.12. The molecule has 1 aliphatic rings. The van der Waals surface area contributed by atoms with Crippen molar-refractivity contribution in [3.63, 3.8) is 0 Å². The maximum atomic E-state index is 12.7. The van der Waals surface area contributed by atoms with E-state index in [-0.39, 0.29) is 11.2 Å². The average molecular weight is 286 g/mol. The van der Waals surface area contributed by atoms with E-state index in [1.807, 2.05) is 27.7 Å². The number of halogens is 2. The number of nitrogens with zero attached hydrogens (tertiary/aromatic N) is 2. The summed E-state index contributed by atoms with van der Waals surface area (Å²) in [6.07, 6.45) is -2.50. The quantitative estimate of drug-likeness (QED) is 0.842. The highest BCUT2D eigenvalue weighted by molar-refractivity contribution is 6.62. The summed E-state index contributed by atoms with van der Waals surface area (Å²) in [6, 6.07) is 0. The van der Waals surface area contributed by atoms with Crippen LogP contribution in [0.2, 0.25) is 0 Å². The topological polar surface area (TPSA) is 64.5 Å². The number of rotatable bonds is 3. The van der Waals surface area contributed by atoms with E-state index in [2.05, 4.69) is 9.97 Å². The summed E-state index contributed by atoms with van der Waals surface area (Å²) in [5.41, 5.74) is -1.17. The van der Waals surface area contributed by atoms with Gasteiger partial charge >= 0.3 is 7.12 Å². The lowest BCUT2D eigenvalue weighted by Crippen LogP contribution is -2.41. The molecule has 8 heteroatoms. The third-order valence-corrected chi connectivity index (χ3v) is 3.80. The Bertz CT molecular complexity index is 483. The van der Waals surface area contributed by atoms with Crippen LogP contribution in [0.15, 0.2) is 12.5 Å². The average Bonchev–Trinajstić information content (AvgIpc) is 2.57. The third-order valence-electron chi connectivity index (χ3n) is 3.80. The van der Waals surface area contributed by atoms with Gasteiger partial charge in [-0.2, -0.15) is 0 Å². The fraction of sp³-hybridized carbons (Fsp3) is 0.667. The van der Waals surface area contributed by atoms with Gasteiger partial charge in [-0.05, 0) is 27.7 Å². The minimum atomic E-state index is -2.94. The SMILES string of the molecule is CC1(C)OB(c2cncnc2C(O)C(F)F)OC1(C)C. The molecule has 2 heterocycles. The Kier molecular flexibility index (Phi) is 3.83. The second kappa shape index (κ2) is 5.02. The van der Waals surface area contributed by atoms with E-state index in [1.54, 1.807) is 0 Å². The number of aromatic nitrogens is 2. The molecule has 0 spiro atoms. The largest absolute Gasteiger partial charge is 0.498 e. The van der Waals surface area contributed by atoms with Gasteiger partial charge in [-0.3, -0.25) is 0 Å². The summed E-state index contributed by atoms with van der Waals surface area (Å²) in [5, 5.41) is 9.55. The smallest absolute Gasteiger partial charge is 0.399 e. The van der Waals surface area contributed by atoms with E-state index in [1.165, 1.54) is 6.20 Å². The second-order valence-electron chi connectivity index (χ2n) is 5.73. The first-order valence-corrected chi connectivity index (χ1v) is 6.27. The molecule has 110 valence electrons. The van der Waals surface area contributed by atoms with Gasteiger partial charge in [0.1, 0.15) is 6.33 Å². The molecule has 1 saturated heterocycles. The Balaban J connectivity index is 2.36. The zero-order valence-corrected chi connectivity index (χ0v) is 11.8. The predicted molar refractivity (Wildman–Crippen MR) is 68.7 cm³/mol. The van der Waals surface area contributed by atoms with Gasteiger partial charge in [0.05, 0.1) is 16.9 Å². The van der Waals surface area contributed by atoms with Crippen LogP contribution in [0.4, 0.5) is 8.78 Å². The molecule has 1 aliphatic heterocycles. The highest BCUT2D eigenvalue weighted by atomic mass is 19.3. The van der Waals surface area contributed by atoms with Crippen LogP contribution in [0.3, 0.4) is 0 Å². The molecule has 0 bridgehead atoms. The van der Waals surface area contributed by atoms with Crippen LogP contribution in [-0.4, -0.2) is 39.8 Å². The van der Waals surface area contributed by atoms with Gasteiger partial charge in [-0.25, -0.2) is 18.7 Å². The maximum Gasteiger partial charge on any atom is 0.498 e. The maximum absolute atomic E-state index is 12.7. The van der Waals surface area contributed by atoms with Gasteiger partial charge in [0.15, 0.2) is 6.10 Å². The standard InChI is InChI=1S/C12H17BF2N2O3/c1-11(2)12(3,4)20-13(19-11)7-5-16-6-17-8(7)9(18)10(14)15/h5-6,9-10,18H,1-4H3. The van der Waals surface area contributed by atoms with Gasteiger partial charge in [-0.1, -0.05) is 0 Å². The molecule has 5 nitrogen and oxygen atoms in total. The summed E-state index contributed by atoms with van der Waals surface area (Å²) in [6.45, 7) is 7.39. The van der Waals surface area contributed by atoms with Gasteiger partial charge in [0.25, 0.3) is 6.43 Å². The zero-order valence-electron chi connectivity index (χ0n) is 11.8. The second-order valence-corrected chi connectivity index (χ2v) is 5.73. The van der Waals surface area contributed by atoms with Crippen molar-refractivity contribution in [3.05, 3.63) is 18.2 Å². The van der Waals surface area contributed by atoms with Crippen molar-refractivity contribution in [1.29, 1.82) is 0 Å². The Morgan fingerprint density at radius 2 is 1.75 bits per heavy atom. The van der Waals surface area contributed by atoms with Crippen molar-refractivity contribution in [2.24, 2.45) is 0 Å². The molecule has 1 aromatic heterocycles. The number of alkyl halides is 2. The molecule has 2 rings (SSSR count). The van der Waals surface area contributed by atoms with Crippen molar-refractivity contribution in [2.75, 3.05) is 0 Å². The Labute approximate surface area is 116 Å². The predicted octanol–water partition coefficient (Wildman–Crippen LogP) is 1.07. The molecule has 0 aliphatic carbocycles. The Morgan fingerprint density at radius 3 is 2.25 bits per heavy atom. The fourth-order valence-electron chi connectivity index (χ4n) is 1.87. The summed E-state index contributed by atoms with van der Waals surface area (Å²) >= 11 is 0. The molecule has 0 aromatic carbocycles. The molecule has 0 radical (unpaired) electrons. The van der Waals surface area contributed by atoms with Gasteiger partial charge < -0.3 is 14.4 Å². The zero-order chi connectivity index (χ0) is 15.1. The fourth-order valence-corrected chi connectivity index (χ4v) is 1.87. The van der Waals surface area contributed by atoms with Crippen molar-refractivity contribution in [2.45, 2.75) is 51.4 Å². The molecule has 1 atom stereocenters. The van der Waals surface area contributed by atoms with Gasteiger partial charge in [-0.15, -0.1) is 0 Å². The van der Waals surface area contributed by atoms with Crippen LogP contribution in [0.5, 0.6) is 0 Å². The highest BCUT2D eigenvalue weighted by Crippen LogP contribution is 2.36. The summed E-state index contributed by atoms with van der Waals surface area (Å²) in [7, 11) is -0.885. The van der Waals surface area contributed by atoms with Gasteiger partial charge in [0, 0.05) is 11.7 Å². The van der Waals surface area contributed by atoms with Crippen LogP contribution >= 0.6 is 0 Å². The monoisotopic (exact) mass is 286 g/mol. The first-order valence-electron chi connectivity index (χ1n) is 6.27. The van der Waals surface area contributed by atoms with Gasteiger partial charge in [0.2, 0.25) is 0 Å². The summed E-state index contributed by atoms with van der Waals surface area (Å²) in [4.78, 5) is 7.54. The molecular formula is C12H17BF2N2O3. The number of hydrogen-bond donors (Lipinski definition) is 1. The van der Waals surface area contributed by atoms with Crippen LogP contribution in [0, 0.1) is 0 Å². The molecular weight excluding hydrogens is 269 g/mol. The lowest BCUT2D eigenvalue weighted by molar-refractivity contribution is -0.00780. The van der Waals surface area contributed by atoms with E-state index in [9.17, 15) is 13.9 Å². The van der Waals surface area contributed by atoms with Crippen LogP contribution < -0.4 is 5.46 Å². The van der Waals surface area contributed by atoms with Crippen LogP contribution in [-0.2, 0) is 9.31 Å². The molecule has 1 N–H and O–H groups in total. The normalized spacial score (nSPS) is 22.3. The molecule has 1 unspecified atom stereocenters. The van der Waals surface area contributed by atoms with E-state index in [4.69, 9.17) is 9.31 Å². The van der Waals surface area contributed by atoms with E-state index in [0.29, 0.717) is 0 Å². The minimum absolute atomic E-state index is 0.173. The first-order chi connectivity index (χ1) is 9.16. The van der Waals surface area contributed by atoms with Crippen molar-refractivity contribution in [3.8, 4) is 0 Å². The highest BCUT2D eigenvalue weighted by Gasteiger charge is 2.53. The molecule has 20 heavy (non-hydrogen) atoms. The van der Waals surface area contributed by atoms with E-state index in [0.717, 1.165) is 6.33 Å². The third kappa shape index (κ3) is 2.55. The minimum Gasteiger partial charge on any atom is -0.399 e. The van der Waals surface area contributed by atoms with E-state index >= 15 is 0 Å². The lowest BCUT2D eigenvalue weighted by Gasteiger charge is -2.32. The van der Waals surface area contributed by atoms with Crippen molar-refractivity contribution < 1.29 is 23.2 Å². The number of aliphatic hydroxyl groups excluding tert-OH is 1. The molecule has 1 aromatic rings. The molecule has 1 fully saturated rings. The summed E-state index contributed by atoms with van der Waals surface area (Å²) in [5.74, 6) is 0. The number of aliphatic hydroxyl groups is 1. The molecule has 0 saturated carbocycles. The number of hydrogen-bond acceptors (Lipinski definition) is 5. The Morgan fingerprint density at radius 1 is 1.20 bits per heavy atom. The molecule has 0 amide bonds. The van der Waals surface area contributed by atoms with Crippen molar-refractivity contribution >= 4 is 12.6 Å².